The summed E-state index contributed by atoms with van der Waals surface area (Å²) < 4.78 is 19.2. The number of rotatable bonds is 5. The van der Waals surface area contributed by atoms with Gasteiger partial charge in [-0.2, -0.15) is 5.10 Å². The first-order valence-corrected chi connectivity index (χ1v) is 13.0. The van der Waals surface area contributed by atoms with Crippen LogP contribution >= 0.6 is 22.6 Å². The molecule has 0 aliphatic heterocycles. The van der Waals surface area contributed by atoms with Gasteiger partial charge in [-0.3, -0.25) is 8.89 Å². The molecule has 2 atom stereocenters. The Morgan fingerprint density at radius 3 is 2.21 bits per heavy atom. The number of hydrogen-bond donors (Lipinski definition) is 0. The summed E-state index contributed by atoms with van der Waals surface area (Å²) in [6, 6.07) is 0. The third kappa shape index (κ3) is 4.56. The van der Waals surface area contributed by atoms with Gasteiger partial charge in [-0.25, -0.2) is 0 Å². The second kappa shape index (κ2) is 7.76. The SMILES string of the molecule is CS(C)=O.Cc1c(I)cnn1CC12CC3(C)CC(C)(C1)CC(OCC=O)(C3)C2. The van der Waals surface area contributed by atoms with Crippen LogP contribution in [0.25, 0.3) is 0 Å². The van der Waals surface area contributed by atoms with Crippen molar-refractivity contribution in [2.75, 3.05) is 19.1 Å². The molecule has 7 heteroatoms. The maximum absolute atomic E-state index is 10.9. The van der Waals surface area contributed by atoms with Crippen LogP contribution in [0.2, 0.25) is 0 Å². The molecule has 0 aromatic carbocycles. The zero-order valence-corrected chi connectivity index (χ0v) is 20.7. The summed E-state index contributed by atoms with van der Waals surface area (Å²) in [5, 5.41) is 4.63. The van der Waals surface area contributed by atoms with Crippen molar-refractivity contribution in [3.8, 4) is 0 Å². The third-order valence-electron chi connectivity index (χ3n) is 6.64. The molecule has 5 rings (SSSR count). The van der Waals surface area contributed by atoms with E-state index in [0.717, 1.165) is 32.1 Å². The summed E-state index contributed by atoms with van der Waals surface area (Å²) in [5.74, 6) is 0. The lowest BCUT2D eigenvalue weighted by atomic mass is 9.39. The van der Waals surface area contributed by atoms with Crippen molar-refractivity contribution in [2.24, 2.45) is 16.2 Å². The molecule has 4 fully saturated rings. The van der Waals surface area contributed by atoms with Crippen LogP contribution in [0.1, 0.15) is 58.1 Å². The van der Waals surface area contributed by atoms with Crippen molar-refractivity contribution in [1.82, 2.24) is 9.78 Å². The molecule has 2 unspecified atom stereocenters. The van der Waals surface area contributed by atoms with Crippen molar-refractivity contribution in [3.63, 3.8) is 0 Å². The van der Waals surface area contributed by atoms with Gasteiger partial charge in [-0.05, 0) is 84.3 Å². The van der Waals surface area contributed by atoms with Gasteiger partial charge in [0.2, 0.25) is 0 Å². The molecule has 1 aromatic rings. The number of carbonyl (C=O) groups is 1. The molecule has 158 valence electrons. The minimum absolute atomic E-state index is 0.104. The second-order valence-corrected chi connectivity index (χ2v) is 13.0. The van der Waals surface area contributed by atoms with E-state index >= 15 is 0 Å². The molecule has 4 saturated carbocycles. The van der Waals surface area contributed by atoms with Crippen LogP contribution < -0.4 is 0 Å². The molecule has 0 radical (unpaired) electrons. The number of hydrogen-bond acceptors (Lipinski definition) is 4. The highest BCUT2D eigenvalue weighted by Gasteiger charge is 2.66. The Morgan fingerprint density at radius 2 is 1.75 bits per heavy atom. The fourth-order valence-electron chi connectivity index (χ4n) is 7.26. The molecule has 4 aliphatic rings. The average molecular weight is 520 g/mol. The van der Waals surface area contributed by atoms with Crippen molar-refractivity contribution < 1.29 is 13.7 Å². The highest BCUT2D eigenvalue weighted by atomic mass is 127. The van der Waals surface area contributed by atoms with Gasteiger partial charge in [0.05, 0.1) is 15.4 Å². The van der Waals surface area contributed by atoms with Gasteiger partial charge in [-0.15, -0.1) is 0 Å². The summed E-state index contributed by atoms with van der Waals surface area (Å²) in [6.45, 7) is 8.27. The Morgan fingerprint density at radius 1 is 1.18 bits per heavy atom. The standard InChI is InChI=1S/C19H27IN2O2.C2H6OS/c1-14-15(20)6-21-22(14)13-18-8-16(2)7-17(3,9-18)11-19(10-16,12-18)24-5-4-23;1-4(2)3/h4,6H,5,7-13H2,1-3H3;1-2H3. The summed E-state index contributed by atoms with van der Waals surface area (Å²) in [6.07, 6.45) is 13.3. The predicted octanol–water partition coefficient (Wildman–Crippen LogP) is 4.13. The smallest absolute Gasteiger partial charge is 0.145 e. The highest BCUT2D eigenvalue weighted by Crippen LogP contribution is 2.71. The van der Waals surface area contributed by atoms with Crippen LogP contribution in [0, 0.1) is 26.7 Å². The number of aldehydes is 1. The van der Waals surface area contributed by atoms with Crippen LogP contribution in [0.5, 0.6) is 0 Å². The zero-order valence-electron chi connectivity index (χ0n) is 17.7. The molecule has 0 N–H and O–H groups in total. The normalized spacial score (nSPS) is 38.4. The van der Waals surface area contributed by atoms with E-state index < -0.39 is 10.8 Å². The van der Waals surface area contributed by atoms with E-state index in [9.17, 15) is 9.00 Å². The molecule has 5 nitrogen and oxygen atoms in total. The fraction of sp³-hybridized carbons (Fsp3) is 0.810. The monoisotopic (exact) mass is 520 g/mol. The molecular formula is C21H33IN2O3S. The maximum Gasteiger partial charge on any atom is 0.145 e. The Labute approximate surface area is 185 Å². The van der Waals surface area contributed by atoms with Gasteiger partial charge in [0, 0.05) is 35.5 Å². The van der Waals surface area contributed by atoms with E-state index in [-0.39, 0.29) is 17.6 Å². The largest absolute Gasteiger partial charge is 0.367 e. The Hall–Kier alpha value is -0.280. The van der Waals surface area contributed by atoms with E-state index in [1.807, 2.05) is 6.20 Å². The van der Waals surface area contributed by atoms with Crippen LogP contribution in [-0.2, 0) is 26.9 Å². The summed E-state index contributed by atoms with van der Waals surface area (Å²) >= 11 is 2.37. The van der Waals surface area contributed by atoms with Crippen molar-refractivity contribution in [1.29, 1.82) is 0 Å². The van der Waals surface area contributed by atoms with Gasteiger partial charge in [-0.1, -0.05) is 13.8 Å². The Bertz CT molecular complexity index is 756. The predicted molar refractivity (Wildman–Crippen MR) is 121 cm³/mol. The van der Waals surface area contributed by atoms with Gasteiger partial charge in [0.15, 0.2) is 0 Å². The minimum Gasteiger partial charge on any atom is -0.367 e. The molecule has 28 heavy (non-hydrogen) atoms. The van der Waals surface area contributed by atoms with E-state index in [1.54, 1.807) is 12.5 Å². The molecule has 0 spiro atoms. The molecule has 0 amide bonds. The third-order valence-corrected chi connectivity index (χ3v) is 7.70. The molecule has 4 aliphatic carbocycles. The fourth-order valence-corrected chi connectivity index (χ4v) is 7.67. The maximum atomic E-state index is 10.9. The van der Waals surface area contributed by atoms with Crippen LogP contribution in [0.15, 0.2) is 6.20 Å². The topological polar surface area (TPSA) is 61.2 Å². The number of halogens is 1. The Balaban J connectivity index is 0.000000516. The molecule has 4 bridgehead atoms. The lowest BCUT2D eigenvalue weighted by molar-refractivity contribution is -0.245. The van der Waals surface area contributed by atoms with E-state index in [2.05, 4.69) is 53.1 Å². The van der Waals surface area contributed by atoms with Gasteiger partial charge >= 0.3 is 0 Å². The van der Waals surface area contributed by atoms with Gasteiger partial charge < -0.3 is 9.53 Å². The molecule has 0 saturated heterocycles. The van der Waals surface area contributed by atoms with Crippen molar-refractivity contribution in [3.05, 3.63) is 15.5 Å². The molecular weight excluding hydrogens is 487 g/mol. The van der Waals surface area contributed by atoms with Crippen LogP contribution in [-0.4, -0.2) is 45.0 Å². The van der Waals surface area contributed by atoms with Crippen molar-refractivity contribution >= 4 is 39.7 Å². The van der Waals surface area contributed by atoms with Crippen LogP contribution in [0.4, 0.5) is 0 Å². The quantitative estimate of drug-likeness (QED) is 0.433. The lowest BCUT2D eigenvalue weighted by Crippen LogP contribution is -2.64. The summed E-state index contributed by atoms with van der Waals surface area (Å²) in [7, 11) is -0.611. The van der Waals surface area contributed by atoms with E-state index in [4.69, 9.17) is 4.74 Å². The highest BCUT2D eigenvalue weighted by molar-refractivity contribution is 14.1. The lowest BCUT2D eigenvalue weighted by Gasteiger charge is -2.69. The Kier molecular flexibility index (Phi) is 6.21. The number of carbonyl (C=O) groups excluding carboxylic acids is 1. The van der Waals surface area contributed by atoms with E-state index in [0.29, 0.717) is 10.8 Å². The van der Waals surface area contributed by atoms with Gasteiger partial charge in [0.25, 0.3) is 0 Å². The minimum atomic E-state index is -0.611. The number of nitrogens with zero attached hydrogens (tertiary/aromatic N) is 2. The molecule has 1 heterocycles. The number of aromatic nitrogens is 2. The first-order valence-electron chi connectivity index (χ1n) is 9.94. The van der Waals surface area contributed by atoms with E-state index in [1.165, 1.54) is 28.5 Å². The zero-order chi connectivity index (χ0) is 20.8. The molecule has 1 aromatic heterocycles. The van der Waals surface area contributed by atoms with Crippen molar-refractivity contribution in [2.45, 2.75) is 71.4 Å². The van der Waals surface area contributed by atoms with Crippen LogP contribution in [0.3, 0.4) is 0 Å². The average Bonchev–Trinajstić information content (AvgIpc) is 2.80. The first-order chi connectivity index (χ1) is 12.9. The summed E-state index contributed by atoms with van der Waals surface area (Å²) in [4.78, 5) is 10.9. The summed E-state index contributed by atoms with van der Waals surface area (Å²) in [5.41, 5.74) is 2.08. The first kappa shape index (κ1) is 22.4. The number of ether oxygens (including phenoxy) is 1. The second-order valence-electron chi connectivity index (χ2n) is 10.3. The van der Waals surface area contributed by atoms with Gasteiger partial charge in [0.1, 0.15) is 12.9 Å².